The van der Waals surface area contributed by atoms with Gasteiger partial charge in [0, 0.05) is 17.9 Å². The quantitative estimate of drug-likeness (QED) is 0.797. The maximum absolute atomic E-state index is 13.2. The Kier molecular flexibility index (Phi) is 2.59. The molecule has 0 N–H and O–H groups in total. The number of benzene rings is 1. The normalized spacial score (nSPS) is 34.5. The van der Waals surface area contributed by atoms with E-state index < -0.39 is 0 Å². The van der Waals surface area contributed by atoms with E-state index in [1.807, 2.05) is 0 Å². The van der Waals surface area contributed by atoms with Crippen LogP contribution in [0.15, 0.2) is 24.3 Å². The van der Waals surface area contributed by atoms with Crippen LogP contribution in [0.4, 0.5) is 0 Å². The molecule has 3 aliphatic carbocycles. The average Bonchev–Trinajstić information content (AvgIpc) is 3.15. The molecule has 0 aromatic heterocycles. The van der Waals surface area contributed by atoms with Crippen LogP contribution in [0.2, 0.25) is 0 Å². The summed E-state index contributed by atoms with van der Waals surface area (Å²) in [5, 5.41) is 0. The van der Waals surface area contributed by atoms with Crippen molar-refractivity contribution in [2.75, 3.05) is 19.8 Å². The van der Waals surface area contributed by atoms with Crippen molar-refractivity contribution in [3.63, 3.8) is 0 Å². The Balaban J connectivity index is 1.42. The van der Waals surface area contributed by atoms with Crippen molar-refractivity contribution < 1.29 is 9.53 Å². The molecule has 1 aliphatic heterocycles. The molecular formula is C19H23NO2. The molecule has 22 heavy (non-hydrogen) atoms. The highest BCUT2D eigenvalue weighted by Crippen LogP contribution is 2.62. The summed E-state index contributed by atoms with van der Waals surface area (Å²) < 4.78 is 5.69. The van der Waals surface area contributed by atoms with Crippen molar-refractivity contribution in [3.8, 4) is 0 Å². The van der Waals surface area contributed by atoms with Gasteiger partial charge in [0.1, 0.15) is 0 Å². The summed E-state index contributed by atoms with van der Waals surface area (Å²) >= 11 is 0. The van der Waals surface area contributed by atoms with Crippen molar-refractivity contribution >= 4 is 5.91 Å². The van der Waals surface area contributed by atoms with Crippen molar-refractivity contribution in [1.82, 2.24) is 4.90 Å². The van der Waals surface area contributed by atoms with Crippen molar-refractivity contribution in [2.45, 2.75) is 49.5 Å². The number of amides is 1. The monoisotopic (exact) mass is 297 g/mol. The number of ether oxygens (including phenoxy) is 1. The summed E-state index contributed by atoms with van der Waals surface area (Å²) in [6, 6.07) is 8.76. The summed E-state index contributed by atoms with van der Waals surface area (Å²) in [5.41, 5.74) is 3.16. The number of aryl methyl sites for hydroxylation is 1. The van der Waals surface area contributed by atoms with Gasteiger partial charge in [-0.2, -0.15) is 0 Å². The van der Waals surface area contributed by atoms with E-state index in [9.17, 15) is 4.79 Å². The molecule has 0 bridgehead atoms. The minimum absolute atomic E-state index is 0.0528. The topological polar surface area (TPSA) is 29.5 Å². The predicted molar refractivity (Wildman–Crippen MR) is 83.7 cm³/mol. The van der Waals surface area contributed by atoms with Crippen LogP contribution in [0.3, 0.4) is 0 Å². The van der Waals surface area contributed by atoms with Crippen molar-refractivity contribution in [3.05, 3.63) is 35.4 Å². The van der Waals surface area contributed by atoms with Gasteiger partial charge in [-0.1, -0.05) is 24.3 Å². The molecule has 4 aliphatic rings. The lowest BCUT2D eigenvalue weighted by Crippen LogP contribution is -2.63. The smallest absolute Gasteiger partial charge is 0.227 e. The maximum atomic E-state index is 13.2. The van der Waals surface area contributed by atoms with Crippen molar-refractivity contribution in [1.29, 1.82) is 0 Å². The standard InChI is InChI=1S/C19H23NO2/c21-17(20-10-11-22-13-18(20)7-3-8-18)16-12-19(16)9-6-14-4-1-2-5-15(14)19/h1-2,4-5,16H,3,6-13H2. The van der Waals surface area contributed by atoms with Gasteiger partial charge in [0.25, 0.3) is 0 Å². The van der Waals surface area contributed by atoms with E-state index in [1.54, 1.807) is 0 Å². The molecule has 2 atom stereocenters. The predicted octanol–water partition coefficient (Wildman–Crippen LogP) is 2.67. The van der Waals surface area contributed by atoms with Gasteiger partial charge in [0.2, 0.25) is 5.91 Å². The molecule has 0 radical (unpaired) electrons. The highest BCUT2D eigenvalue weighted by atomic mass is 16.5. The third kappa shape index (κ3) is 1.58. The zero-order chi connectivity index (χ0) is 14.8. The molecule has 2 unspecified atom stereocenters. The Morgan fingerprint density at radius 2 is 2.09 bits per heavy atom. The Bertz CT molecular complexity index is 636. The SMILES string of the molecule is O=C(C1CC12CCc1ccccc12)N1CCOCC12CCC2. The largest absolute Gasteiger partial charge is 0.377 e. The molecular weight excluding hydrogens is 274 g/mol. The first kappa shape index (κ1) is 13.1. The molecule has 3 nitrogen and oxygen atoms in total. The van der Waals surface area contributed by atoms with Gasteiger partial charge in [0.15, 0.2) is 0 Å². The van der Waals surface area contributed by atoms with Crippen LogP contribution in [-0.2, 0) is 21.4 Å². The fraction of sp³-hybridized carbons (Fsp3) is 0.632. The summed E-state index contributed by atoms with van der Waals surface area (Å²) in [4.78, 5) is 15.4. The Labute approximate surface area is 131 Å². The van der Waals surface area contributed by atoms with Crippen LogP contribution in [0.25, 0.3) is 0 Å². The van der Waals surface area contributed by atoms with E-state index in [0.717, 1.165) is 38.8 Å². The van der Waals surface area contributed by atoms with E-state index in [-0.39, 0.29) is 16.9 Å². The fourth-order valence-corrected chi connectivity index (χ4v) is 5.18. The first-order chi connectivity index (χ1) is 10.8. The van der Waals surface area contributed by atoms with Gasteiger partial charge in [-0.3, -0.25) is 4.79 Å². The van der Waals surface area contributed by atoms with Gasteiger partial charge in [0.05, 0.1) is 18.8 Å². The number of carbonyl (C=O) groups excluding carboxylic acids is 1. The molecule has 5 rings (SSSR count). The van der Waals surface area contributed by atoms with E-state index in [0.29, 0.717) is 12.5 Å². The van der Waals surface area contributed by atoms with Crippen LogP contribution < -0.4 is 0 Å². The van der Waals surface area contributed by atoms with Gasteiger partial charge < -0.3 is 9.64 Å². The second-order valence-electron chi connectivity index (χ2n) is 7.69. The van der Waals surface area contributed by atoms with Gasteiger partial charge in [-0.25, -0.2) is 0 Å². The first-order valence-corrected chi connectivity index (χ1v) is 8.73. The number of carbonyl (C=O) groups is 1. The Morgan fingerprint density at radius 1 is 1.23 bits per heavy atom. The van der Waals surface area contributed by atoms with E-state index in [4.69, 9.17) is 4.74 Å². The van der Waals surface area contributed by atoms with Crippen molar-refractivity contribution in [2.24, 2.45) is 5.92 Å². The van der Waals surface area contributed by atoms with E-state index in [2.05, 4.69) is 29.2 Å². The molecule has 3 heteroatoms. The van der Waals surface area contributed by atoms with Gasteiger partial charge in [-0.05, 0) is 49.7 Å². The van der Waals surface area contributed by atoms with Crippen LogP contribution >= 0.6 is 0 Å². The van der Waals surface area contributed by atoms with Crippen LogP contribution in [0.1, 0.15) is 43.2 Å². The molecule has 1 aromatic rings. The lowest BCUT2D eigenvalue weighted by atomic mass is 9.75. The van der Waals surface area contributed by atoms with Crippen LogP contribution in [-0.4, -0.2) is 36.1 Å². The van der Waals surface area contributed by atoms with E-state index in [1.165, 1.54) is 24.0 Å². The summed E-state index contributed by atoms with van der Waals surface area (Å²) in [6.45, 7) is 2.27. The number of morpholine rings is 1. The lowest BCUT2D eigenvalue weighted by Gasteiger charge is -2.53. The molecule has 1 saturated heterocycles. The maximum Gasteiger partial charge on any atom is 0.227 e. The molecule has 3 fully saturated rings. The van der Waals surface area contributed by atoms with Crippen LogP contribution in [0.5, 0.6) is 0 Å². The van der Waals surface area contributed by atoms with E-state index >= 15 is 0 Å². The Morgan fingerprint density at radius 3 is 2.91 bits per heavy atom. The molecule has 1 aromatic carbocycles. The minimum atomic E-state index is 0.0528. The second-order valence-corrected chi connectivity index (χ2v) is 7.69. The number of rotatable bonds is 1. The third-order valence-corrected chi connectivity index (χ3v) is 6.72. The molecule has 1 amide bonds. The summed E-state index contributed by atoms with van der Waals surface area (Å²) in [6.07, 6.45) is 6.89. The third-order valence-electron chi connectivity index (χ3n) is 6.72. The van der Waals surface area contributed by atoms with Gasteiger partial charge >= 0.3 is 0 Å². The highest BCUT2D eigenvalue weighted by Gasteiger charge is 2.63. The van der Waals surface area contributed by atoms with Crippen LogP contribution in [0, 0.1) is 5.92 Å². The zero-order valence-electron chi connectivity index (χ0n) is 13.0. The minimum Gasteiger partial charge on any atom is -0.377 e. The number of hydrogen-bond donors (Lipinski definition) is 0. The summed E-state index contributed by atoms with van der Waals surface area (Å²) in [7, 11) is 0. The number of fused-ring (bicyclic) bond motifs is 2. The second kappa shape index (κ2) is 4.35. The summed E-state index contributed by atoms with van der Waals surface area (Å²) in [5.74, 6) is 0.645. The highest BCUT2D eigenvalue weighted by molar-refractivity contribution is 5.86. The average molecular weight is 297 g/mol. The fourth-order valence-electron chi connectivity index (χ4n) is 5.18. The molecule has 1 heterocycles. The zero-order valence-corrected chi connectivity index (χ0v) is 13.0. The lowest BCUT2D eigenvalue weighted by molar-refractivity contribution is -0.160. The molecule has 2 saturated carbocycles. The molecule has 116 valence electrons. The van der Waals surface area contributed by atoms with Gasteiger partial charge in [-0.15, -0.1) is 0 Å². The first-order valence-electron chi connectivity index (χ1n) is 8.73. The number of hydrogen-bond acceptors (Lipinski definition) is 2. The Hall–Kier alpha value is -1.35. The number of nitrogens with zero attached hydrogens (tertiary/aromatic N) is 1. The molecule has 2 spiro atoms.